The Hall–Kier alpha value is -4.99. The minimum atomic E-state index is 1.09. The van der Waals surface area contributed by atoms with E-state index in [2.05, 4.69) is 138 Å². The number of pyridine rings is 1. The largest absolute Gasteiger partial charge is 0.308 e. The fourth-order valence-electron chi connectivity index (χ4n) is 5.78. The van der Waals surface area contributed by atoms with E-state index in [9.17, 15) is 0 Å². The number of hydrogen-bond donors (Lipinski definition) is 0. The lowest BCUT2D eigenvalue weighted by Crippen LogP contribution is -2.10. The molecule has 188 valence electrons. The summed E-state index contributed by atoms with van der Waals surface area (Å²) in [6.45, 7) is 0. The number of nitrogens with zero attached hydrogens (tertiary/aromatic N) is 2. The summed E-state index contributed by atoms with van der Waals surface area (Å²) in [6.07, 6.45) is 4.01. The first-order valence-electron chi connectivity index (χ1n) is 13.5. The first kappa shape index (κ1) is 22.9. The minimum Gasteiger partial charge on any atom is -0.308 e. The number of aromatic nitrogens is 1. The molecule has 2 aromatic heterocycles. The van der Waals surface area contributed by atoms with Crippen LogP contribution >= 0.6 is 11.3 Å². The number of hydrogen-bond acceptors (Lipinski definition) is 3. The Morgan fingerprint density at radius 2 is 1.15 bits per heavy atom. The molecule has 0 aliphatic carbocycles. The van der Waals surface area contributed by atoms with Crippen molar-refractivity contribution in [3.8, 4) is 11.1 Å². The molecule has 0 atom stereocenters. The SMILES string of the molecule is c1ccc(-c2ccc(N(c3ccc4c(ccc5ccccc54)c3)c3cncc4c3sc3ccccc34)cc2)cc1. The van der Waals surface area contributed by atoms with Crippen molar-refractivity contribution in [3.05, 3.63) is 146 Å². The van der Waals surface area contributed by atoms with Gasteiger partial charge in [-0.1, -0.05) is 103 Å². The third-order valence-electron chi connectivity index (χ3n) is 7.73. The zero-order valence-corrected chi connectivity index (χ0v) is 22.5. The molecular weight excluding hydrogens is 504 g/mol. The van der Waals surface area contributed by atoms with Crippen molar-refractivity contribution in [3.63, 3.8) is 0 Å². The van der Waals surface area contributed by atoms with Crippen LogP contribution in [-0.4, -0.2) is 4.98 Å². The van der Waals surface area contributed by atoms with Crippen molar-refractivity contribution >= 4 is 70.1 Å². The number of thiophene rings is 1. The van der Waals surface area contributed by atoms with E-state index < -0.39 is 0 Å². The van der Waals surface area contributed by atoms with E-state index in [1.807, 2.05) is 23.7 Å². The number of fused-ring (bicyclic) bond motifs is 6. The van der Waals surface area contributed by atoms with Crippen LogP contribution in [0.15, 0.2) is 146 Å². The van der Waals surface area contributed by atoms with Crippen LogP contribution in [0.3, 0.4) is 0 Å². The van der Waals surface area contributed by atoms with Gasteiger partial charge in [-0.15, -0.1) is 11.3 Å². The second kappa shape index (κ2) is 9.33. The maximum atomic E-state index is 4.74. The Kier molecular flexibility index (Phi) is 5.35. The van der Waals surface area contributed by atoms with Gasteiger partial charge < -0.3 is 4.90 Å². The summed E-state index contributed by atoms with van der Waals surface area (Å²) >= 11 is 1.83. The van der Waals surface area contributed by atoms with Gasteiger partial charge in [0.2, 0.25) is 0 Å². The number of anilines is 3. The van der Waals surface area contributed by atoms with E-state index in [0.717, 1.165) is 17.1 Å². The first-order valence-corrected chi connectivity index (χ1v) is 14.3. The van der Waals surface area contributed by atoms with Gasteiger partial charge in [-0.2, -0.15) is 0 Å². The Morgan fingerprint density at radius 3 is 2.02 bits per heavy atom. The molecule has 0 amide bonds. The van der Waals surface area contributed by atoms with Gasteiger partial charge in [0.15, 0.2) is 0 Å². The standard InChI is InChI=1S/C37H24N2S/c1-2-8-25(9-3-1)26-16-18-29(19-17-26)39(35-24-38-23-34-33-12-6-7-13-36(33)40-37(34)35)30-20-21-32-28(22-30)15-14-27-10-4-5-11-31(27)32/h1-24H. The monoisotopic (exact) mass is 528 g/mol. The first-order chi connectivity index (χ1) is 19.8. The van der Waals surface area contributed by atoms with Crippen molar-refractivity contribution in [2.75, 3.05) is 4.90 Å². The quantitative estimate of drug-likeness (QED) is 0.211. The number of benzene rings is 6. The zero-order chi connectivity index (χ0) is 26.5. The van der Waals surface area contributed by atoms with E-state index in [1.165, 1.54) is 52.8 Å². The summed E-state index contributed by atoms with van der Waals surface area (Å²) in [4.78, 5) is 7.10. The van der Waals surface area contributed by atoms with Gasteiger partial charge >= 0.3 is 0 Å². The van der Waals surface area contributed by atoms with Gasteiger partial charge in [-0.3, -0.25) is 4.98 Å². The Balaban J connectivity index is 1.35. The highest BCUT2D eigenvalue weighted by Crippen LogP contribution is 2.45. The van der Waals surface area contributed by atoms with E-state index in [4.69, 9.17) is 4.98 Å². The van der Waals surface area contributed by atoms with Crippen LogP contribution in [0, 0.1) is 0 Å². The van der Waals surface area contributed by atoms with E-state index in [-0.39, 0.29) is 0 Å². The van der Waals surface area contributed by atoms with Crippen LogP contribution in [0.2, 0.25) is 0 Å². The van der Waals surface area contributed by atoms with E-state index in [0.29, 0.717) is 0 Å². The highest BCUT2D eigenvalue weighted by atomic mass is 32.1. The molecule has 2 nitrogen and oxygen atoms in total. The highest BCUT2D eigenvalue weighted by Gasteiger charge is 2.19. The molecule has 6 aromatic carbocycles. The molecule has 0 spiro atoms. The lowest BCUT2D eigenvalue weighted by molar-refractivity contribution is 1.26. The van der Waals surface area contributed by atoms with Crippen molar-refractivity contribution in [2.24, 2.45) is 0 Å². The van der Waals surface area contributed by atoms with E-state index in [1.54, 1.807) is 0 Å². The second-order valence-electron chi connectivity index (χ2n) is 10.1. The van der Waals surface area contributed by atoms with Gasteiger partial charge in [0.1, 0.15) is 0 Å². The van der Waals surface area contributed by atoms with E-state index >= 15 is 0 Å². The lowest BCUT2D eigenvalue weighted by atomic mass is 10.0. The minimum absolute atomic E-state index is 1.09. The van der Waals surface area contributed by atoms with Crippen LogP contribution in [-0.2, 0) is 0 Å². The molecule has 0 unspecified atom stereocenters. The predicted molar refractivity (Wildman–Crippen MR) is 172 cm³/mol. The summed E-state index contributed by atoms with van der Waals surface area (Å²) in [6, 6.07) is 47.9. The highest BCUT2D eigenvalue weighted by molar-refractivity contribution is 7.26. The van der Waals surface area contributed by atoms with Crippen LogP contribution in [0.5, 0.6) is 0 Å². The molecule has 0 N–H and O–H groups in total. The van der Waals surface area contributed by atoms with Crippen molar-refractivity contribution < 1.29 is 0 Å². The summed E-state index contributed by atoms with van der Waals surface area (Å²) in [5.74, 6) is 0. The Labute approximate surface area is 236 Å². The molecule has 0 radical (unpaired) electrons. The molecule has 3 heteroatoms. The Bertz CT molecular complexity index is 2160. The third-order valence-corrected chi connectivity index (χ3v) is 8.94. The van der Waals surface area contributed by atoms with Crippen LogP contribution < -0.4 is 4.90 Å². The summed E-state index contributed by atoms with van der Waals surface area (Å²) in [7, 11) is 0. The molecular formula is C37H24N2S. The zero-order valence-electron chi connectivity index (χ0n) is 21.7. The fourth-order valence-corrected chi connectivity index (χ4v) is 6.96. The smallest absolute Gasteiger partial charge is 0.0824 e. The average molecular weight is 529 g/mol. The molecule has 40 heavy (non-hydrogen) atoms. The summed E-state index contributed by atoms with van der Waals surface area (Å²) in [5.41, 5.74) is 5.72. The fraction of sp³-hybridized carbons (Fsp3) is 0. The predicted octanol–water partition coefficient (Wildman–Crippen LogP) is 10.9. The molecule has 8 aromatic rings. The third kappa shape index (κ3) is 3.75. The van der Waals surface area contributed by atoms with Gasteiger partial charge in [-0.05, 0) is 63.0 Å². The topological polar surface area (TPSA) is 16.1 Å². The molecule has 0 saturated carbocycles. The van der Waals surface area contributed by atoms with Crippen LogP contribution in [0.1, 0.15) is 0 Å². The molecule has 0 bridgehead atoms. The van der Waals surface area contributed by atoms with Crippen LogP contribution in [0.25, 0.3) is 52.8 Å². The normalized spacial score (nSPS) is 11.5. The molecule has 0 fully saturated rings. The van der Waals surface area contributed by atoms with Gasteiger partial charge in [0.05, 0.1) is 16.6 Å². The molecule has 8 rings (SSSR count). The molecule has 2 heterocycles. The number of rotatable bonds is 4. The van der Waals surface area contributed by atoms with Crippen LogP contribution in [0.4, 0.5) is 17.1 Å². The van der Waals surface area contributed by atoms with Crippen molar-refractivity contribution in [1.82, 2.24) is 4.98 Å². The van der Waals surface area contributed by atoms with Crippen molar-refractivity contribution in [1.29, 1.82) is 0 Å². The summed E-state index contributed by atoms with van der Waals surface area (Å²) in [5, 5.41) is 7.46. The van der Waals surface area contributed by atoms with Gasteiger partial charge in [0, 0.05) is 33.0 Å². The Morgan fingerprint density at radius 1 is 0.475 bits per heavy atom. The lowest BCUT2D eigenvalue weighted by Gasteiger charge is -2.26. The second-order valence-corrected chi connectivity index (χ2v) is 11.1. The van der Waals surface area contributed by atoms with Crippen molar-refractivity contribution in [2.45, 2.75) is 0 Å². The molecule has 0 aliphatic heterocycles. The summed E-state index contributed by atoms with van der Waals surface area (Å²) < 4.78 is 2.51. The van der Waals surface area contributed by atoms with Gasteiger partial charge in [0.25, 0.3) is 0 Å². The maximum Gasteiger partial charge on any atom is 0.0824 e. The average Bonchev–Trinajstić information content (AvgIpc) is 3.41. The molecule has 0 aliphatic rings. The maximum absolute atomic E-state index is 4.74. The van der Waals surface area contributed by atoms with Gasteiger partial charge in [-0.25, -0.2) is 0 Å². The molecule has 0 saturated heterocycles.